The van der Waals surface area contributed by atoms with E-state index in [2.05, 4.69) is 22.2 Å². The first-order valence-electron chi connectivity index (χ1n) is 14.7. The predicted molar refractivity (Wildman–Crippen MR) is 161 cm³/mol. The lowest BCUT2D eigenvalue weighted by Crippen LogP contribution is -2.05. The summed E-state index contributed by atoms with van der Waals surface area (Å²) in [4.78, 5) is 56.1. The van der Waals surface area contributed by atoms with E-state index in [0.717, 1.165) is 89.9 Å². The molecule has 0 radical (unpaired) electrons. The van der Waals surface area contributed by atoms with Crippen LogP contribution in [-0.2, 0) is 37.2 Å². The molecular formula is C28H54O12P2. The van der Waals surface area contributed by atoms with E-state index in [-0.39, 0.29) is 25.2 Å². The highest BCUT2D eigenvalue weighted by Gasteiger charge is 2.13. The molecule has 0 fully saturated rings. The van der Waals surface area contributed by atoms with Crippen molar-refractivity contribution < 1.29 is 56.8 Å². The molecule has 0 saturated carbocycles. The molecule has 0 saturated heterocycles. The summed E-state index contributed by atoms with van der Waals surface area (Å²) < 4.78 is 39.5. The second-order valence-electron chi connectivity index (χ2n) is 10.1. The molecule has 0 aliphatic heterocycles. The highest BCUT2D eigenvalue weighted by atomic mass is 31.2. The Labute approximate surface area is 251 Å². The number of carbonyl (C=O) groups is 2. The molecule has 12 nitrogen and oxygen atoms in total. The van der Waals surface area contributed by atoms with E-state index < -0.39 is 15.6 Å². The SMILES string of the molecule is C=C(C)C(=O)OCCCCCCCCCCOP(=O)(O)O.C=C(C)C(=O)OCCCCCCCCCCOP(=O)(O)O. The van der Waals surface area contributed by atoms with Gasteiger partial charge >= 0.3 is 27.6 Å². The number of hydrogen-bond donors (Lipinski definition) is 4. The third-order valence-electron chi connectivity index (χ3n) is 5.76. The van der Waals surface area contributed by atoms with Crippen LogP contribution < -0.4 is 0 Å². The van der Waals surface area contributed by atoms with Crippen LogP contribution in [0.5, 0.6) is 0 Å². The quantitative estimate of drug-likeness (QED) is 0.0339. The van der Waals surface area contributed by atoms with Crippen LogP contribution in [0.3, 0.4) is 0 Å². The van der Waals surface area contributed by atoms with Crippen LogP contribution in [0.15, 0.2) is 24.3 Å². The van der Waals surface area contributed by atoms with Gasteiger partial charge in [0.05, 0.1) is 26.4 Å². The van der Waals surface area contributed by atoms with E-state index in [0.29, 0.717) is 37.2 Å². The normalized spacial score (nSPS) is 11.4. The zero-order chi connectivity index (χ0) is 32.3. The minimum atomic E-state index is -4.30. The van der Waals surface area contributed by atoms with Gasteiger partial charge in [-0.05, 0) is 39.5 Å². The zero-order valence-corrected chi connectivity index (χ0v) is 27.3. The molecule has 0 aromatic carbocycles. The van der Waals surface area contributed by atoms with Crippen molar-refractivity contribution in [3.05, 3.63) is 24.3 Å². The number of phosphoric acid groups is 2. The first kappa shape index (κ1) is 42.8. The van der Waals surface area contributed by atoms with Gasteiger partial charge in [-0.1, -0.05) is 90.2 Å². The van der Waals surface area contributed by atoms with Crippen molar-refractivity contribution >= 4 is 27.6 Å². The van der Waals surface area contributed by atoms with Crippen LogP contribution >= 0.6 is 15.6 Å². The topological polar surface area (TPSA) is 186 Å². The highest BCUT2D eigenvalue weighted by molar-refractivity contribution is 7.46. The second-order valence-corrected chi connectivity index (χ2v) is 12.6. The molecule has 42 heavy (non-hydrogen) atoms. The summed E-state index contributed by atoms with van der Waals surface area (Å²) in [7, 11) is -8.60. The molecule has 0 unspecified atom stereocenters. The Morgan fingerprint density at radius 2 is 0.690 bits per heavy atom. The van der Waals surface area contributed by atoms with Crippen molar-refractivity contribution in [2.45, 2.75) is 117 Å². The summed E-state index contributed by atoms with van der Waals surface area (Å²) in [6.45, 7) is 11.4. The van der Waals surface area contributed by atoms with Crippen molar-refractivity contribution in [1.82, 2.24) is 0 Å². The Hall–Kier alpha value is -1.36. The molecule has 0 amide bonds. The Morgan fingerprint density at radius 1 is 0.476 bits per heavy atom. The van der Waals surface area contributed by atoms with Crippen LogP contribution in [0.1, 0.15) is 117 Å². The van der Waals surface area contributed by atoms with Crippen LogP contribution in [0.4, 0.5) is 0 Å². The third-order valence-corrected chi connectivity index (χ3v) is 6.80. The minimum Gasteiger partial charge on any atom is -0.462 e. The molecule has 0 bridgehead atoms. The monoisotopic (exact) mass is 644 g/mol. The molecule has 0 heterocycles. The standard InChI is InChI=1S/2C14H27O6P/c2*1-13(2)14(15)19-11-9-7-5-3-4-6-8-10-12-20-21(16,17)18/h2*1,3-12H2,2H3,(H2,16,17,18). The molecular weight excluding hydrogens is 590 g/mol. The van der Waals surface area contributed by atoms with Crippen molar-refractivity contribution in [3.63, 3.8) is 0 Å². The van der Waals surface area contributed by atoms with Gasteiger partial charge in [-0.2, -0.15) is 0 Å². The van der Waals surface area contributed by atoms with Crippen molar-refractivity contribution in [1.29, 1.82) is 0 Å². The molecule has 14 heteroatoms. The fourth-order valence-electron chi connectivity index (χ4n) is 3.47. The second kappa shape index (κ2) is 27.2. The maximum atomic E-state index is 11.1. The summed E-state index contributed by atoms with van der Waals surface area (Å²) in [6, 6.07) is 0. The average Bonchev–Trinajstić information content (AvgIpc) is 2.88. The molecule has 0 aliphatic rings. The lowest BCUT2D eigenvalue weighted by molar-refractivity contribution is -0.139. The van der Waals surface area contributed by atoms with Gasteiger partial charge in [-0.15, -0.1) is 0 Å². The summed E-state index contributed by atoms with van der Waals surface area (Å²) in [6.07, 6.45) is 15.7. The van der Waals surface area contributed by atoms with E-state index >= 15 is 0 Å². The van der Waals surface area contributed by atoms with E-state index in [1.54, 1.807) is 13.8 Å². The first-order valence-corrected chi connectivity index (χ1v) is 17.8. The van der Waals surface area contributed by atoms with Crippen molar-refractivity contribution in [2.75, 3.05) is 26.4 Å². The highest BCUT2D eigenvalue weighted by Crippen LogP contribution is 2.36. The molecule has 0 rings (SSSR count). The molecule has 0 atom stereocenters. The molecule has 248 valence electrons. The van der Waals surface area contributed by atoms with Crippen molar-refractivity contribution in [3.8, 4) is 0 Å². The molecule has 0 aromatic heterocycles. The molecule has 0 aromatic rings. The number of hydrogen-bond acceptors (Lipinski definition) is 8. The van der Waals surface area contributed by atoms with Gasteiger partial charge in [0, 0.05) is 11.1 Å². The zero-order valence-electron chi connectivity index (χ0n) is 25.5. The van der Waals surface area contributed by atoms with Crippen LogP contribution in [0.25, 0.3) is 0 Å². The largest absolute Gasteiger partial charge is 0.469 e. The van der Waals surface area contributed by atoms with E-state index in [1.165, 1.54) is 0 Å². The van der Waals surface area contributed by atoms with Gasteiger partial charge in [0.15, 0.2) is 0 Å². The lowest BCUT2D eigenvalue weighted by atomic mass is 10.1. The summed E-state index contributed by atoms with van der Waals surface area (Å²) >= 11 is 0. The predicted octanol–water partition coefficient (Wildman–Crippen LogP) is 6.67. The van der Waals surface area contributed by atoms with Crippen molar-refractivity contribution in [2.24, 2.45) is 0 Å². The van der Waals surface area contributed by atoms with Gasteiger partial charge in [0.1, 0.15) is 0 Å². The number of unbranched alkanes of at least 4 members (excludes halogenated alkanes) is 14. The number of ether oxygens (including phenoxy) is 2. The van der Waals surface area contributed by atoms with Crippen LogP contribution in [0.2, 0.25) is 0 Å². The number of esters is 2. The first-order chi connectivity index (χ1) is 19.7. The Morgan fingerprint density at radius 3 is 0.905 bits per heavy atom. The number of rotatable bonds is 26. The van der Waals surface area contributed by atoms with E-state index in [4.69, 9.17) is 29.0 Å². The fraction of sp³-hybridized carbons (Fsp3) is 0.786. The fourth-order valence-corrected chi connectivity index (χ4v) is 4.21. The lowest BCUT2D eigenvalue weighted by Gasteiger charge is -2.05. The minimum absolute atomic E-state index is 0.109. The van der Waals surface area contributed by atoms with Gasteiger partial charge in [0.25, 0.3) is 0 Å². The summed E-state index contributed by atoms with van der Waals surface area (Å²) in [5.74, 6) is -0.653. The smallest absolute Gasteiger partial charge is 0.462 e. The van der Waals surface area contributed by atoms with Gasteiger partial charge in [-0.25, -0.2) is 18.7 Å². The van der Waals surface area contributed by atoms with Gasteiger partial charge in [0.2, 0.25) is 0 Å². The van der Waals surface area contributed by atoms with Crippen LogP contribution in [0, 0.1) is 0 Å². The molecule has 4 N–H and O–H groups in total. The number of phosphoric ester groups is 2. The third kappa shape index (κ3) is 36.7. The summed E-state index contributed by atoms with van der Waals surface area (Å²) in [5, 5.41) is 0. The van der Waals surface area contributed by atoms with E-state index in [1.807, 2.05) is 0 Å². The Balaban J connectivity index is 0. The number of carbonyl (C=O) groups excluding carboxylic acids is 2. The van der Waals surface area contributed by atoms with Gasteiger partial charge < -0.3 is 29.0 Å². The maximum absolute atomic E-state index is 11.1. The van der Waals surface area contributed by atoms with Gasteiger partial charge in [-0.3, -0.25) is 9.05 Å². The molecule has 0 aliphatic carbocycles. The average molecular weight is 645 g/mol. The Bertz CT molecular complexity index is 767. The Kier molecular flexibility index (Phi) is 27.7. The molecule has 0 spiro atoms. The van der Waals surface area contributed by atoms with E-state index in [9.17, 15) is 18.7 Å². The van der Waals surface area contributed by atoms with Crippen LogP contribution in [-0.4, -0.2) is 57.9 Å². The maximum Gasteiger partial charge on any atom is 0.469 e. The summed E-state index contributed by atoms with van der Waals surface area (Å²) in [5.41, 5.74) is 0.857.